The van der Waals surface area contributed by atoms with Gasteiger partial charge in [0.25, 0.3) is 0 Å². The summed E-state index contributed by atoms with van der Waals surface area (Å²) in [7, 11) is 0. The third-order valence-corrected chi connectivity index (χ3v) is 4.08. The van der Waals surface area contributed by atoms with E-state index in [2.05, 4.69) is 25.1 Å². The highest BCUT2D eigenvalue weighted by molar-refractivity contribution is 5.40. The molecular weight excluding hydrogens is 292 g/mol. The molecule has 0 radical (unpaired) electrons. The molecule has 3 rings (SSSR count). The van der Waals surface area contributed by atoms with Crippen LogP contribution in [0.2, 0.25) is 0 Å². The minimum atomic E-state index is -0.276. The molecule has 7 heteroatoms. The molecule has 0 amide bonds. The van der Waals surface area contributed by atoms with Crippen LogP contribution in [0, 0.1) is 13.8 Å². The highest BCUT2D eigenvalue weighted by atomic mass is 16.3. The first-order valence-electron chi connectivity index (χ1n) is 8.05. The molecular formula is C16H24N6O. The van der Waals surface area contributed by atoms with Gasteiger partial charge in [0.15, 0.2) is 11.6 Å². The number of hydrogen-bond acceptors (Lipinski definition) is 6. The van der Waals surface area contributed by atoms with E-state index in [1.54, 1.807) is 0 Å². The van der Waals surface area contributed by atoms with Gasteiger partial charge in [0.2, 0.25) is 0 Å². The number of aryl methyl sites for hydroxylation is 2. The lowest BCUT2D eigenvalue weighted by Crippen LogP contribution is -2.48. The van der Waals surface area contributed by atoms with Crippen LogP contribution in [0.3, 0.4) is 0 Å². The molecule has 2 aromatic rings. The predicted molar refractivity (Wildman–Crippen MR) is 89.0 cm³/mol. The standard InChI is InChI=1S/C16H24N6O/c1-12-10-13(2)22(19-12)16-5-4-15(17-18-16)21-8-6-20(7-9-21)11-14(3)23/h4-5,10,14,23H,6-9,11H2,1-3H3/t14-/m1/s1. The van der Waals surface area contributed by atoms with E-state index in [0.29, 0.717) is 0 Å². The van der Waals surface area contributed by atoms with E-state index in [9.17, 15) is 5.11 Å². The van der Waals surface area contributed by atoms with Crippen molar-refractivity contribution in [3.8, 4) is 5.82 Å². The molecule has 1 saturated heterocycles. The fourth-order valence-electron chi connectivity index (χ4n) is 2.99. The van der Waals surface area contributed by atoms with Crippen molar-refractivity contribution in [3.05, 3.63) is 29.6 Å². The van der Waals surface area contributed by atoms with Crippen LogP contribution in [0.4, 0.5) is 5.82 Å². The number of anilines is 1. The number of β-amino-alcohol motifs (C(OH)–C–C–N with tert-alkyl or cyclic N) is 1. The summed E-state index contributed by atoms with van der Waals surface area (Å²) < 4.78 is 1.81. The lowest BCUT2D eigenvalue weighted by Gasteiger charge is -2.35. The molecule has 0 bridgehead atoms. The maximum atomic E-state index is 9.46. The van der Waals surface area contributed by atoms with Crippen LogP contribution in [-0.2, 0) is 0 Å². The van der Waals surface area contributed by atoms with Crippen molar-refractivity contribution in [2.45, 2.75) is 26.9 Å². The first-order valence-corrected chi connectivity index (χ1v) is 8.05. The van der Waals surface area contributed by atoms with Gasteiger partial charge in [0, 0.05) is 38.4 Å². The molecule has 1 N–H and O–H groups in total. The molecule has 0 saturated carbocycles. The van der Waals surface area contributed by atoms with Crippen LogP contribution in [0.15, 0.2) is 18.2 Å². The van der Waals surface area contributed by atoms with Crippen molar-refractivity contribution in [3.63, 3.8) is 0 Å². The van der Waals surface area contributed by atoms with Crippen molar-refractivity contribution in [1.82, 2.24) is 24.9 Å². The van der Waals surface area contributed by atoms with E-state index in [4.69, 9.17) is 0 Å². The second-order valence-electron chi connectivity index (χ2n) is 6.23. The molecule has 0 aromatic carbocycles. The van der Waals surface area contributed by atoms with Gasteiger partial charge in [-0.05, 0) is 39.0 Å². The van der Waals surface area contributed by atoms with Crippen LogP contribution in [0.1, 0.15) is 18.3 Å². The molecule has 1 fully saturated rings. The molecule has 23 heavy (non-hydrogen) atoms. The molecule has 1 aliphatic rings. The zero-order chi connectivity index (χ0) is 16.4. The predicted octanol–water partition coefficient (Wildman–Crippen LogP) is 0.782. The molecule has 1 aliphatic heterocycles. The van der Waals surface area contributed by atoms with Crippen LogP contribution >= 0.6 is 0 Å². The lowest BCUT2D eigenvalue weighted by atomic mass is 10.2. The summed E-state index contributed by atoms with van der Waals surface area (Å²) in [5.74, 6) is 1.64. The van der Waals surface area contributed by atoms with E-state index >= 15 is 0 Å². The largest absolute Gasteiger partial charge is 0.392 e. The number of nitrogens with zero attached hydrogens (tertiary/aromatic N) is 6. The minimum absolute atomic E-state index is 0.276. The Hall–Kier alpha value is -1.99. The van der Waals surface area contributed by atoms with E-state index in [-0.39, 0.29) is 6.10 Å². The van der Waals surface area contributed by atoms with Crippen LogP contribution in [0.5, 0.6) is 0 Å². The Labute approximate surface area is 136 Å². The smallest absolute Gasteiger partial charge is 0.176 e. The number of aromatic nitrogens is 4. The van der Waals surface area contributed by atoms with Gasteiger partial charge in [-0.15, -0.1) is 10.2 Å². The van der Waals surface area contributed by atoms with Gasteiger partial charge in [0.1, 0.15) is 0 Å². The number of hydrogen-bond donors (Lipinski definition) is 1. The molecule has 124 valence electrons. The Morgan fingerprint density at radius 2 is 1.74 bits per heavy atom. The average Bonchev–Trinajstić information content (AvgIpc) is 2.86. The minimum Gasteiger partial charge on any atom is -0.392 e. The van der Waals surface area contributed by atoms with Gasteiger partial charge in [-0.3, -0.25) is 4.90 Å². The normalized spacial score (nSPS) is 17.5. The summed E-state index contributed by atoms with van der Waals surface area (Å²) in [5.41, 5.74) is 2.03. The van der Waals surface area contributed by atoms with Gasteiger partial charge < -0.3 is 10.0 Å². The number of aliphatic hydroxyl groups excluding tert-OH is 1. The summed E-state index contributed by atoms with van der Waals surface area (Å²) >= 11 is 0. The summed E-state index contributed by atoms with van der Waals surface area (Å²) in [6, 6.07) is 5.99. The number of rotatable bonds is 4. The van der Waals surface area contributed by atoms with E-state index in [0.717, 1.165) is 55.7 Å². The Morgan fingerprint density at radius 3 is 2.26 bits per heavy atom. The maximum absolute atomic E-state index is 9.46. The Bertz CT molecular complexity index is 643. The zero-order valence-corrected chi connectivity index (χ0v) is 14.0. The average molecular weight is 316 g/mol. The van der Waals surface area contributed by atoms with Gasteiger partial charge >= 0.3 is 0 Å². The molecule has 7 nitrogen and oxygen atoms in total. The fourth-order valence-corrected chi connectivity index (χ4v) is 2.99. The molecule has 2 aromatic heterocycles. The second-order valence-corrected chi connectivity index (χ2v) is 6.23. The SMILES string of the molecule is Cc1cc(C)n(-c2ccc(N3CCN(C[C@@H](C)O)CC3)nn2)n1. The molecule has 0 spiro atoms. The fraction of sp³-hybridized carbons (Fsp3) is 0.562. The third kappa shape index (κ3) is 3.68. The van der Waals surface area contributed by atoms with Gasteiger partial charge in [-0.25, -0.2) is 4.68 Å². The molecule has 0 aliphatic carbocycles. The van der Waals surface area contributed by atoms with E-state index in [1.807, 2.05) is 43.7 Å². The highest BCUT2D eigenvalue weighted by Gasteiger charge is 2.19. The molecule has 1 atom stereocenters. The monoisotopic (exact) mass is 316 g/mol. The molecule has 0 unspecified atom stereocenters. The summed E-state index contributed by atoms with van der Waals surface area (Å²) in [6.07, 6.45) is -0.276. The van der Waals surface area contributed by atoms with Crippen LogP contribution < -0.4 is 4.90 Å². The highest BCUT2D eigenvalue weighted by Crippen LogP contribution is 2.15. The van der Waals surface area contributed by atoms with E-state index in [1.165, 1.54) is 0 Å². The quantitative estimate of drug-likeness (QED) is 0.899. The van der Waals surface area contributed by atoms with Crippen LogP contribution in [-0.4, -0.2) is 68.8 Å². The summed E-state index contributed by atoms with van der Waals surface area (Å²) in [6.45, 7) is 10.2. The first-order chi connectivity index (χ1) is 11.0. The second kappa shape index (κ2) is 6.64. The summed E-state index contributed by atoms with van der Waals surface area (Å²) in [4.78, 5) is 4.51. The number of piperazine rings is 1. The van der Waals surface area contributed by atoms with Crippen molar-refractivity contribution in [2.24, 2.45) is 0 Å². The maximum Gasteiger partial charge on any atom is 0.176 e. The zero-order valence-electron chi connectivity index (χ0n) is 14.0. The van der Waals surface area contributed by atoms with Crippen molar-refractivity contribution in [2.75, 3.05) is 37.6 Å². The van der Waals surface area contributed by atoms with Gasteiger partial charge in [-0.2, -0.15) is 5.10 Å². The third-order valence-electron chi connectivity index (χ3n) is 4.08. The van der Waals surface area contributed by atoms with Crippen LogP contribution in [0.25, 0.3) is 5.82 Å². The van der Waals surface area contributed by atoms with Gasteiger partial charge in [-0.1, -0.05) is 0 Å². The van der Waals surface area contributed by atoms with Crippen molar-refractivity contribution >= 4 is 5.82 Å². The topological polar surface area (TPSA) is 70.3 Å². The van der Waals surface area contributed by atoms with Crippen molar-refractivity contribution < 1.29 is 5.11 Å². The van der Waals surface area contributed by atoms with Gasteiger partial charge in [0.05, 0.1) is 11.8 Å². The first kappa shape index (κ1) is 15.9. The Morgan fingerprint density at radius 1 is 1.09 bits per heavy atom. The Kier molecular flexibility index (Phi) is 4.58. The summed E-state index contributed by atoms with van der Waals surface area (Å²) in [5, 5.41) is 22.6. The number of aliphatic hydroxyl groups is 1. The Balaban J connectivity index is 1.65. The molecule has 3 heterocycles. The lowest BCUT2D eigenvalue weighted by molar-refractivity contribution is 0.122. The van der Waals surface area contributed by atoms with E-state index < -0.39 is 0 Å². The van der Waals surface area contributed by atoms with Crippen molar-refractivity contribution in [1.29, 1.82) is 0 Å².